The Morgan fingerprint density at radius 2 is 1.76 bits per heavy atom. The van der Waals surface area contributed by atoms with Crippen molar-refractivity contribution in [1.82, 2.24) is 0 Å². The molecule has 34 heavy (non-hydrogen) atoms. The molecule has 0 spiro atoms. The molecule has 0 heterocycles. The summed E-state index contributed by atoms with van der Waals surface area (Å²) in [6.45, 7) is 9.71. The molecule has 0 aliphatic rings. The van der Waals surface area contributed by atoms with E-state index in [-0.39, 0.29) is 17.7 Å². The van der Waals surface area contributed by atoms with Crippen LogP contribution < -0.4 is 0 Å². The summed E-state index contributed by atoms with van der Waals surface area (Å²) in [4.78, 5) is 23.1. The van der Waals surface area contributed by atoms with E-state index in [1.54, 1.807) is 0 Å². The Bertz CT molecular complexity index is 924. The molecule has 0 aliphatic carbocycles. The van der Waals surface area contributed by atoms with Gasteiger partial charge in [-0.25, -0.2) is 4.79 Å². The Morgan fingerprint density at radius 1 is 1.09 bits per heavy atom. The van der Waals surface area contributed by atoms with Crippen molar-refractivity contribution < 1.29 is 19.2 Å². The molecule has 0 N–H and O–H groups in total. The molecule has 2 aromatic rings. The Kier molecular flexibility index (Phi) is 11.5. The lowest BCUT2D eigenvalue weighted by molar-refractivity contribution is -0.384. The largest absolute Gasteiger partial charge is 0.458 e. The van der Waals surface area contributed by atoms with Crippen molar-refractivity contribution >= 4 is 11.7 Å². The van der Waals surface area contributed by atoms with E-state index in [0.717, 1.165) is 30.4 Å². The van der Waals surface area contributed by atoms with Crippen molar-refractivity contribution in [2.24, 2.45) is 11.8 Å². The maximum absolute atomic E-state index is 12.7. The third-order valence-corrected chi connectivity index (χ3v) is 5.65. The monoisotopic (exact) mass is 467 g/mol. The number of non-ortho nitro benzene ring substituents is 1. The standard InChI is InChI=1S/C28H37NO5/c1-5-9-21(2)17-27(34-28(30)25-12-14-26(15-13-25)29(31)32)18-22(3)16-23(4)19-33-20-24-10-7-6-8-11-24/h6-8,10-16,21,23,27H,5,9,17-20H2,1-4H3/b22-16+/t21-,23+,27+/m0/s1. The van der Waals surface area contributed by atoms with Gasteiger partial charge in [0, 0.05) is 18.6 Å². The predicted octanol–water partition coefficient (Wildman–Crippen LogP) is 7.14. The summed E-state index contributed by atoms with van der Waals surface area (Å²) in [6.07, 6.45) is 5.50. The minimum absolute atomic E-state index is 0.0492. The van der Waals surface area contributed by atoms with Crippen molar-refractivity contribution in [1.29, 1.82) is 0 Å². The Balaban J connectivity index is 1.96. The topological polar surface area (TPSA) is 78.7 Å². The summed E-state index contributed by atoms with van der Waals surface area (Å²) >= 11 is 0. The van der Waals surface area contributed by atoms with Crippen LogP contribution in [0.5, 0.6) is 0 Å². The highest BCUT2D eigenvalue weighted by Gasteiger charge is 2.20. The van der Waals surface area contributed by atoms with Crippen LogP contribution in [0.4, 0.5) is 5.69 Å². The Morgan fingerprint density at radius 3 is 2.38 bits per heavy atom. The first-order valence-electron chi connectivity index (χ1n) is 12.0. The van der Waals surface area contributed by atoms with Gasteiger partial charge in [-0.3, -0.25) is 10.1 Å². The molecule has 0 aromatic heterocycles. The summed E-state index contributed by atoms with van der Waals surface area (Å²) in [5, 5.41) is 10.9. The fourth-order valence-corrected chi connectivity index (χ4v) is 4.07. The molecular formula is C28H37NO5. The number of hydrogen-bond acceptors (Lipinski definition) is 5. The van der Waals surface area contributed by atoms with Gasteiger partial charge in [-0.2, -0.15) is 0 Å². The summed E-state index contributed by atoms with van der Waals surface area (Å²) in [5.74, 6) is 0.220. The van der Waals surface area contributed by atoms with Gasteiger partial charge in [0.2, 0.25) is 0 Å². The van der Waals surface area contributed by atoms with Crippen LogP contribution >= 0.6 is 0 Å². The summed E-state index contributed by atoms with van der Waals surface area (Å²) < 4.78 is 11.7. The number of hydrogen-bond donors (Lipinski definition) is 0. The van der Waals surface area contributed by atoms with Crippen molar-refractivity contribution in [3.8, 4) is 0 Å². The minimum atomic E-state index is -0.483. The zero-order chi connectivity index (χ0) is 24.9. The lowest BCUT2D eigenvalue weighted by Crippen LogP contribution is -2.21. The van der Waals surface area contributed by atoms with Crippen LogP contribution in [0.15, 0.2) is 66.2 Å². The van der Waals surface area contributed by atoms with Crippen LogP contribution in [0, 0.1) is 22.0 Å². The number of nitrogens with zero attached hydrogens (tertiary/aromatic N) is 1. The molecule has 6 nitrogen and oxygen atoms in total. The van der Waals surface area contributed by atoms with E-state index in [1.165, 1.54) is 24.3 Å². The van der Waals surface area contributed by atoms with Gasteiger partial charge in [0.25, 0.3) is 5.69 Å². The maximum Gasteiger partial charge on any atom is 0.338 e. The minimum Gasteiger partial charge on any atom is -0.458 e. The number of nitro benzene ring substituents is 1. The highest BCUT2D eigenvalue weighted by molar-refractivity contribution is 5.89. The molecule has 3 atom stereocenters. The molecule has 0 fully saturated rings. The van der Waals surface area contributed by atoms with E-state index in [1.807, 2.05) is 30.3 Å². The zero-order valence-corrected chi connectivity index (χ0v) is 20.7. The number of nitro groups is 1. The zero-order valence-electron chi connectivity index (χ0n) is 20.7. The average molecular weight is 468 g/mol. The molecular weight excluding hydrogens is 430 g/mol. The molecule has 2 rings (SSSR count). The van der Waals surface area contributed by atoms with Crippen LogP contribution in [-0.2, 0) is 16.1 Å². The second kappa shape index (κ2) is 14.3. The molecule has 6 heteroatoms. The first-order chi connectivity index (χ1) is 16.3. The lowest BCUT2D eigenvalue weighted by Gasteiger charge is -2.22. The molecule has 0 saturated carbocycles. The van der Waals surface area contributed by atoms with Gasteiger partial charge in [0.15, 0.2) is 0 Å². The number of rotatable bonds is 14. The fraction of sp³-hybridized carbons (Fsp3) is 0.464. The van der Waals surface area contributed by atoms with Crippen molar-refractivity contribution in [3.05, 3.63) is 87.5 Å². The lowest BCUT2D eigenvalue weighted by atomic mass is 9.94. The summed E-state index contributed by atoms with van der Waals surface area (Å²) in [5.41, 5.74) is 2.58. The number of benzene rings is 2. The van der Waals surface area contributed by atoms with Crippen LogP contribution in [0.1, 0.15) is 69.3 Å². The van der Waals surface area contributed by atoms with E-state index in [9.17, 15) is 14.9 Å². The van der Waals surface area contributed by atoms with Gasteiger partial charge in [-0.05, 0) is 42.9 Å². The smallest absolute Gasteiger partial charge is 0.338 e. The first-order valence-corrected chi connectivity index (χ1v) is 12.0. The molecule has 0 bridgehead atoms. The van der Waals surface area contributed by atoms with Crippen LogP contribution in [0.2, 0.25) is 0 Å². The van der Waals surface area contributed by atoms with Gasteiger partial charge in [-0.15, -0.1) is 0 Å². The normalized spacial score (nSPS) is 14.3. The molecule has 0 radical (unpaired) electrons. The number of carbonyl (C=O) groups excluding carboxylic acids is 1. The van der Waals surface area contributed by atoms with Crippen molar-refractivity contribution in [3.63, 3.8) is 0 Å². The van der Waals surface area contributed by atoms with E-state index >= 15 is 0 Å². The fourth-order valence-electron chi connectivity index (χ4n) is 4.07. The van der Waals surface area contributed by atoms with Crippen molar-refractivity contribution in [2.45, 2.75) is 66.1 Å². The second-order valence-corrected chi connectivity index (χ2v) is 9.16. The SMILES string of the molecule is CCC[C@H](C)C[C@H](C/C(C)=C/[C@@H](C)COCc1ccccc1)OC(=O)c1ccc([N+](=O)[O-])cc1. The second-order valence-electron chi connectivity index (χ2n) is 9.16. The molecule has 184 valence electrons. The van der Waals surface area contributed by atoms with E-state index in [0.29, 0.717) is 31.1 Å². The van der Waals surface area contributed by atoms with E-state index < -0.39 is 10.9 Å². The van der Waals surface area contributed by atoms with Gasteiger partial charge in [0.1, 0.15) is 6.10 Å². The molecule has 0 saturated heterocycles. The summed E-state index contributed by atoms with van der Waals surface area (Å²) in [6, 6.07) is 15.6. The molecule has 2 aromatic carbocycles. The highest BCUT2D eigenvalue weighted by atomic mass is 16.6. The summed E-state index contributed by atoms with van der Waals surface area (Å²) in [7, 11) is 0. The van der Waals surface area contributed by atoms with Crippen LogP contribution in [0.3, 0.4) is 0 Å². The third kappa shape index (κ3) is 9.87. The highest BCUT2D eigenvalue weighted by Crippen LogP contribution is 2.23. The third-order valence-electron chi connectivity index (χ3n) is 5.65. The first kappa shape index (κ1) is 27.3. The van der Waals surface area contributed by atoms with E-state index in [4.69, 9.17) is 9.47 Å². The predicted molar refractivity (Wildman–Crippen MR) is 135 cm³/mol. The van der Waals surface area contributed by atoms with E-state index in [2.05, 4.69) is 33.8 Å². The van der Waals surface area contributed by atoms with Gasteiger partial charge in [0.05, 0.1) is 23.7 Å². The van der Waals surface area contributed by atoms with Crippen LogP contribution in [-0.4, -0.2) is 23.6 Å². The van der Waals surface area contributed by atoms with Gasteiger partial charge < -0.3 is 9.47 Å². The average Bonchev–Trinajstić information content (AvgIpc) is 2.79. The molecule has 0 unspecified atom stereocenters. The quantitative estimate of drug-likeness (QED) is 0.128. The molecule has 0 aliphatic heterocycles. The molecule has 0 amide bonds. The number of ether oxygens (including phenoxy) is 2. The maximum atomic E-state index is 12.7. The van der Waals surface area contributed by atoms with Gasteiger partial charge >= 0.3 is 5.97 Å². The number of carbonyl (C=O) groups is 1. The van der Waals surface area contributed by atoms with Gasteiger partial charge in [-0.1, -0.05) is 75.6 Å². The van der Waals surface area contributed by atoms with Crippen molar-refractivity contribution in [2.75, 3.05) is 6.61 Å². The van der Waals surface area contributed by atoms with Crippen LogP contribution in [0.25, 0.3) is 0 Å². The Labute approximate surface area is 203 Å². The Hall–Kier alpha value is -2.99. The number of esters is 1.